The smallest absolute Gasteiger partial charge is 0.0562 e. The molecule has 4 nitrogen and oxygen atoms in total. The van der Waals surface area contributed by atoms with Crippen LogP contribution in [0, 0.1) is 0 Å². The van der Waals surface area contributed by atoms with Gasteiger partial charge in [-0.2, -0.15) is 16.4 Å². The zero-order valence-corrected chi connectivity index (χ0v) is 12.9. The quantitative estimate of drug-likeness (QED) is 0.848. The number of aryl methyl sites for hydroxylation is 1. The van der Waals surface area contributed by atoms with Crippen LogP contribution in [0.5, 0.6) is 0 Å². The molecule has 0 bridgehead atoms. The Labute approximate surface area is 124 Å². The fourth-order valence-electron chi connectivity index (χ4n) is 3.00. The van der Waals surface area contributed by atoms with Crippen molar-refractivity contribution in [1.82, 2.24) is 14.7 Å². The van der Waals surface area contributed by atoms with Gasteiger partial charge >= 0.3 is 0 Å². The molecule has 0 saturated carbocycles. The SMILES string of the molecule is CCOC[C@@H]1CN(Cc2ccsc2)Cc2cnn(C)c21. The summed E-state index contributed by atoms with van der Waals surface area (Å²) in [6.07, 6.45) is 2.01. The molecule has 0 saturated heterocycles. The van der Waals surface area contributed by atoms with E-state index in [0.29, 0.717) is 5.92 Å². The van der Waals surface area contributed by atoms with Gasteiger partial charge in [-0.15, -0.1) is 0 Å². The highest BCUT2D eigenvalue weighted by atomic mass is 32.1. The van der Waals surface area contributed by atoms with Gasteiger partial charge in [-0.25, -0.2) is 0 Å². The minimum absolute atomic E-state index is 0.421. The fraction of sp³-hybridized carbons (Fsp3) is 0.533. The molecule has 1 aliphatic rings. The first-order chi connectivity index (χ1) is 9.78. The van der Waals surface area contributed by atoms with Gasteiger partial charge in [0.05, 0.1) is 12.8 Å². The van der Waals surface area contributed by atoms with Gasteiger partial charge < -0.3 is 4.74 Å². The Balaban J connectivity index is 1.77. The largest absolute Gasteiger partial charge is 0.381 e. The van der Waals surface area contributed by atoms with Crippen LogP contribution in [-0.4, -0.2) is 34.4 Å². The van der Waals surface area contributed by atoms with E-state index in [0.717, 1.165) is 32.8 Å². The predicted octanol–water partition coefficient (Wildman–Crippen LogP) is 2.62. The molecule has 5 heteroatoms. The van der Waals surface area contributed by atoms with E-state index in [2.05, 4.69) is 33.7 Å². The molecule has 0 spiro atoms. The first-order valence-electron chi connectivity index (χ1n) is 7.10. The highest BCUT2D eigenvalue weighted by molar-refractivity contribution is 7.07. The second-order valence-electron chi connectivity index (χ2n) is 5.34. The van der Waals surface area contributed by atoms with Gasteiger partial charge in [0.2, 0.25) is 0 Å². The van der Waals surface area contributed by atoms with Crippen LogP contribution in [0.3, 0.4) is 0 Å². The van der Waals surface area contributed by atoms with Crippen molar-refractivity contribution >= 4 is 11.3 Å². The molecule has 1 atom stereocenters. The van der Waals surface area contributed by atoms with Crippen molar-refractivity contribution < 1.29 is 4.74 Å². The molecular weight excluding hydrogens is 270 g/mol. The number of nitrogens with zero attached hydrogens (tertiary/aromatic N) is 3. The van der Waals surface area contributed by atoms with Crippen molar-refractivity contribution in [3.8, 4) is 0 Å². The molecule has 1 aliphatic heterocycles. The third-order valence-corrected chi connectivity index (χ3v) is 4.57. The highest BCUT2D eigenvalue weighted by Crippen LogP contribution is 2.29. The first-order valence-corrected chi connectivity index (χ1v) is 8.04. The minimum Gasteiger partial charge on any atom is -0.381 e. The summed E-state index contributed by atoms with van der Waals surface area (Å²) >= 11 is 1.76. The van der Waals surface area contributed by atoms with Crippen LogP contribution in [0.15, 0.2) is 23.0 Å². The lowest BCUT2D eigenvalue weighted by Crippen LogP contribution is -2.35. The van der Waals surface area contributed by atoms with E-state index in [1.807, 2.05) is 17.9 Å². The maximum atomic E-state index is 5.67. The summed E-state index contributed by atoms with van der Waals surface area (Å²) in [4.78, 5) is 2.50. The molecule has 2 aromatic heterocycles. The van der Waals surface area contributed by atoms with E-state index in [-0.39, 0.29) is 0 Å². The van der Waals surface area contributed by atoms with Gasteiger partial charge in [0.1, 0.15) is 0 Å². The summed E-state index contributed by atoms with van der Waals surface area (Å²) in [7, 11) is 2.03. The monoisotopic (exact) mass is 291 g/mol. The van der Waals surface area contributed by atoms with E-state index < -0.39 is 0 Å². The normalized spacial score (nSPS) is 19.2. The van der Waals surface area contributed by atoms with Crippen molar-refractivity contribution in [2.45, 2.75) is 25.9 Å². The van der Waals surface area contributed by atoms with Gasteiger partial charge in [0, 0.05) is 50.5 Å². The lowest BCUT2D eigenvalue weighted by atomic mass is 9.96. The molecule has 0 amide bonds. The zero-order chi connectivity index (χ0) is 13.9. The molecule has 0 aromatic carbocycles. The van der Waals surface area contributed by atoms with E-state index in [9.17, 15) is 0 Å². The van der Waals surface area contributed by atoms with E-state index in [1.165, 1.54) is 16.8 Å². The van der Waals surface area contributed by atoms with Gasteiger partial charge in [0.25, 0.3) is 0 Å². The third kappa shape index (κ3) is 2.80. The molecule has 0 radical (unpaired) electrons. The molecular formula is C15H21N3OS. The van der Waals surface area contributed by atoms with Crippen molar-refractivity contribution in [3.63, 3.8) is 0 Å². The second kappa shape index (κ2) is 6.08. The summed E-state index contributed by atoms with van der Waals surface area (Å²) in [6, 6.07) is 2.21. The molecule has 0 fully saturated rings. The molecule has 2 aromatic rings. The van der Waals surface area contributed by atoms with Gasteiger partial charge in [-0.3, -0.25) is 9.58 Å². The van der Waals surface area contributed by atoms with E-state index in [1.54, 1.807) is 11.3 Å². The molecule has 0 N–H and O–H groups in total. The van der Waals surface area contributed by atoms with Crippen LogP contribution in [0.1, 0.15) is 29.7 Å². The molecule has 108 valence electrons. The number of rotatable bonds is 5. The number of hydrogen-bond acceptors (Lipinski definition) is 4. The van der Waals surface area contributed by atoms with Gasteiger partial charge in [-0.05, 0) is 29.3 Å². The van der Waals surface area contributed by atoms with Crippen LogP contribution in [0.4, 0.5) is 0 Å². The first kappa shape index (κ1) is 13.8. The number of thiophene rings is 1. The maximum absolute atomic E-state index is 5.67. The Hall–Kier alpha value is -1.17. The fourth-order valence-corrected chi connectivity index (χ4v) is 3.66. The Morgan fingerprint density at radius 1 is 1.50 bits per heavy atom. The summed E-state index contributed by atoms with van der Waals surface area (Å²) in [5, 5.41) is 8.80. The third-order valence-electron chi connectivity index (χ3n) is 3.83. The lowest BCUT2D eigenvalue weighted by Gasteiger charge is -2.32. The average Bonchev–Trinajstić information content (AvgIpc) is 3.07. The van der Waals surface area contributed by atoms with Crippen molar-refractivity contribution in [2.24, 2.45) is 7.05 Å². The van der Waals surface area contributed by atoms with Crippen LogP contribution in [0.25, 0.3) is 0 Å². The summed E-state index contributed by atoms with van der Waals surface area (Å²) in [6.45, 7) is 6.65. The van der Waals surface area contributed by atoms with Crippen molar-refractivity contribution in [3.05, 3.63) is 39.8 Å². The van der Waals surface area contributed by atoms with Crippen molar-refractivity contribution in [1.29, 1.82) is 0 Å². The van der Waals surface area contributed by atoms with Gasteiger partial charge in [-0.1, -0.05) is 0 Å². The molecule has 3 rings (SSSR count). The van der Waals surface area contributed by atoms with Crippen molar-refractivity contribution in [2.75, 3.05) is 19.8 Å². The molecule has 3 heterocycles. The topological polar surface area (TPSA) is 30.3 Å². The molecule has 0 unspecified atom stereocenters. The van der Waals surface area contributed by atoms with Crippen LogP contribution in [0.2, 0.25) is 0 Å². The Morgan fingerprint density at radius 3 is 3.15 bits per heavy atom. The van der Waals surface area contributed by atoms with Crippen LogP contribution in [-0.2, 0) is 24.9 Å². The van der Waals surface area contributed by atoms with E-state index >= 15 is 0 Å². The standard InChI is InChI=1S/C15H21N3OS/c1-3-19-10-14-9-18(7-12-4-5-20-11-12)8-13-6-16-17(2)15(13)14/h4-6,11,14H,3,7-10H2,1-2H3/t14-/m0/s1. The number of fused-ring (bicyclic) bond motifs is 1. The highest BCUT2D eigenvalue weighted by Gasteiger charge is 2.28. The number of ether oxygens (including phenoxy) is 1. The molecule has 0 aliphatic carbocycles. The number of aromatic nitrogens is 2. The molecule has 20 heavy (non-hydrogen) atoms. The maximum Gasteiger partial charge on any atom is 0.0562 e. The summed E-state index contributed by atoms with van der Waals surface area (Å²) in [5.41, 5.74) is 4.09. The Kier molecular flexibility index (Phi) is 4.19. The Morgan fingerprint density at radius 2 is 2.40 bits per heavy atom. The average molecular weight is 291 g/mol. The minimum atomic E-state index is 0.421. The Bertz CT molecular complexity index is 549. The van der Waals surface area contributed by atoms with Crippen LogP contribution < -0.4 is 0 Å². The van der Waals surface area contributed by atoms with E-state index in [4.69, 9.17) is 4.74 Å². The second-order valence-corrected chi connectivity index (χ2v) is 6.12. The number of hydrogen-bond donors (Lipinski definition) is 0. The summed E-state index contributed by atoms with van der Waals surface area (Å²) < 4.78 is 7.69. The predicted molar refractivity (Wildman–Crippen MR) is 80.9 cm³/mol. The zero-order valence-electron chi connectivity index (χ0n) is 12.1. The summed E-state index contributed by atoms with van der Waals surface area (Å²) in [5.74, 6) is 0.421. The van der Waals surface area contributed by atoms with Crippen LogP contribution >= 0.6 is 11.3 Å². The van der Waals surface area contributed by atoms with Gasteiger partial charge in [0.15, 0.2) is 0 Å². The lowest BCUT2D eigenvalue weighted by molar-refractivity contribution is 0.102.